The SMILES string of the molecule is CCCCC(C(=O)OC)C(O)c1cc(OC)ccc1OC. The van der Waals surface area contributed by atoms with Crippen LogP contribution in [0.3, 0.4) is 0 Å². The van der Waals surface area contributed by atoms with E-state index in [0.717, 1.165) is 12.8 Å². The monoisotopic (exact) mass is 296 g/mol. The highest BCUT2D eigenvalue weighted by molar-refractivity contribution is 5.73. The van der Waals surface area contributed by atoms with Gasteiger partial charge in [-0.2, -0.15) is 0 Å². The zero-order chi connectivity index (χ0) is 15.8. The summed E-state index contributed by atoms with van der Waals surface area (Å²) in [6.07, 6.45) is 1.34. The van der Waals surface area contributed by atoms with Gasteiger partial charge < -0.3 is 19.3 Å². The van der Waals surface area contributed by atoms with Gasteiger partial charge in [0.15, 0.2) is 0 Å². The molecule has 118 valence electrons. The lowest BCUT2D eigenvalue weighted by atomic mass is 9.90. The van der Waals surface area contributed by atoms with Crippen molar-refractivity contribution < 1.29 is 24.1 Å². The second-order valence-electron chi connectivity index (χ2n) is 4.82. The molecule has 0 saturated carbocycles. The van der Waals surface area contributed by atoms with E-state index in [9.17, 15) is 9.90 Å². The molecule has 1 rings (SSSR count). The van der Waals surface area contributed by atoms with Gasteiger partial charge >= 0.3 is 5.97 Å². The average molecular weight is 296 g/mol. The normalized spacial score (nSPS) is 13.4. The molecule has 0 aliphatic carbocycles. The average Bonchev–Trinajstić information content (AvgIpc) is 2.53. The quantitative estimate of drug-likeness (QED) is 0.747. The topological polar surface area (TPSA) is 65.0 Å². The molecular formula is C16H24O5. The smallest absolute Gasteiger partial charge is 0.311 e. The first-order chi connectivity index (χ1) is 10.1. The third-order valence-corrected chi connectivity index (χ3v) is 3.51. The first-order valence-corrected chi connectivity index (χ1v) is 7.06. The van der Waals surface area contributed by atoms with E-state index < -0.39 is 18.0 Å². The highest BCUT2D eigenvalue weighted by Crippen LogP contribution is 2.35. The van der Waals surface area contributed by atoms with Crippen LogP contribution in [0, 0.1) is 5.92 Å². The van der Waals surface area contributed by atoms with Crippen molar-refractivity contribution in [2.24, 2.45) is 5.92 Å². The molecule has 0 bridgehead atoms. The number of hydrogen-bond donors (Lipinski definition) is 1. The fourth-order valence-electron chi connectivity index (χ4n) is 2.27. The molecular weight excluding hydrogens is 272 g/mol. The molecule has 5 heteroatoms. The summed E-state index contributed by atoms with van der Waals surface area (Å²) in [4.78, 5) is 11.9. The molecule has 5 nitrogen and oxygen atoms in total. The van der Waals surface area contributed by atoms with Crippen LogP contribution in [-0.4, -0.2) is 32.4 Å². The van der Waals surface area contributed by atoms with Gasteiger partial charge in [0.2, 0.25) is 0 Å². The van der Waals surface area contributed by atoms with Gasteiger partial charge in [-0.1, -0.05) is 19.8 Å². The number of esters is 1. The second kappa shape index (κ2) is 8.52. The summed E-state index contributed by atoms with van der Waals surface area (Å²) in [6.45, 7) is 2.03. The van der Waals surface area contributed by atoms with Crippen molar-refractivity contribution in [3.8, 4) is 11.5 Å². The number of aliphatic hydroxyl groups is 1. The van der Waals surface area contributed by atoms with Crippen molar-refractivity contribution in [1.29, 1.82) is 0 Å². The Balaban J connectivity index is 3.11. The molecule has 0 fully saturated rings. The summed E-state index contributed by atoms with van der Waals surface area (Å²) in [7, 11) is 4.40. The van der Waals surface area contributed by atoms with Gasteiger partial charge in [-0.15, -0.1) is 0 Å². The predicted molar refractivity (Wildman–Crippen MR) is 79.5 cm³/mol. The van der Waals surface area contributed by atoms with Crippen LogP contribution in [0.25, 0.3) is 0 Å². The molecule has 0 aromatic heterocycles. The molecule has 21 heavy (non-hydrogen) atoms. The van der Waals surface area contributed by atoms with Gasteiger partial charge in [-0.3, -0.25) is 4.79 Å². The van der Waals surface area contributed by atoms with Crippen LogP contribution in [0.4, 0.5) is 0 Å². The van der Waals surface area contributed by atoms with E-state index in [4.69, 9.17) is 14.2 Å². The Morgan fingerprint density at radius 1 is 1.24 bits per heavy atom. The molecule has 0 aliphatic heterocycles. The van der Waals surface area contributed by atoms with Gasteiger partial charge in [-0.05, 0) is 24.6 Å². The molecule has 1 aromatic carbocycles. The Bertz CT molecular complexity index is 458. The number of methoxy groups -OCH3 is 3. The highest BCUT2D eigenvalue weighted by Gasteiger charge is 2.30. The van der Waals surface area contributed by atoms with Crippen LogP contribution < -0.4 is 9.47 Å². The third-order valence-electron chi connectivity index (χ3n) is 3.51. The molecule has 0 aliphatic rings. The molecule has 1 aromatic rings. The van der Waals surface area contributed by atoms with Crippen LogP contribution in [-0.2, 0) is 9.53 Å². The van der Waals surface area contributed by atoms with E-state index in [1.165, 1.54) is 14.2 Å². The standard InChI is InChI=1S/C16H24O5/c1-5-6-7-12(16(18)21-4)15(17)13-10-11(19-2)8-9-14(13)20-3/h8-10,12,15,17H,5-7H2,1-4H3. The Morgan fingerprint density at radius 3 is 2.48 bits per heavy atom. The number of carbonyl (C=O) groups is 1. The molecule has 2 unspecified atom stereocenters. The molecule has 0 radical (unpaired) electrons. The Kier molecular flexibility index (Phi) is 7.02. The first-order valence-electron chi connectivity index (χ1n) is 7.06. The lowest BCUT2D eigenvalue weighted by molar-refractivity contribution is -0.150. The zero-order valence-electron chi connectivity index (χ0n) is 13.1. The van der Waals surface area contributed by atoms with Crippen LogP contribution >= 0.6 is 0 Å². The van der Waals surface area contributed by atoms with Gasteiger partial charge in [0.05, 0.1) is 33.4 Å². The maximum Gasteiger partial charge on any atom is 0.311 e. The predicted octanol–water partition coefficient (Wildman–Crippen LogP) is 2.72. The van der Waals surface area contributed by atoms with Gasteiger partial charge in [0.1, 0.15) is 11.5 Å². The number of carbonyl (C=O) groups excluding carboxylic acids is 1. The third kappa shape index (κ3) is 4.36. The van der Waals surface area contributed by atoms with E-state index in [1.54, 1.807) is 25.3 Å². The number of ether oxygens (including phenoxy) is 3. The molecule has 0 saturated heterocycles. The Hall–Kier alpha value is -1.75. The summed E-state index contributed by atoms with van der Waals surface area (Å²) in [5.74, 6) is 0.0921. The van der Waals surface area contributed by atoms with Crippen LogP contribution in [0.1, 0.15) is 37.9 Å². The molecule has 0 heterocycles. The van der Waals surface area contributed by atoms with Gasteiger partial charge in [0.25, 0.3) is 0 Å². The molecule has 1 N–H and O–H groups in total. The Labute approximate surface area is 125 Å². The summed E-state index contributed by atoms with van der Waals surface area (Å²) < 4.78 is 15.2. The zero-order valence-corrected chi connectivity index (χ0v) is 13.1. The van der Waals surface area contributed by atoms with E-state index in [-0.39, 0.29) is 0 Å². The van der Waals surface area contributed by atoms with Gasteiger partial charge in [0, 0.05) is 5.56 Å². The van der Waals surface area contributed by atoms with Gasteiger partial charge in [-0.25, -0.2) is 0 Å². The summed E-state index contributed by atoms with van der Waals surface area (Å²) in [6, 6.07) is 5.14. The van der Waals surface area contributed by atoms with Crippen molar-refractivity contribution in [3.05, 3.63) is 23.8 Å². The van der Waals surface area contributed by atoms with Crippen LogP contribution in [0.2, 0.25) is 0 Å². The van der Waals surface area contributed by atoms with E-state index in [1.807, 2.05) is 6.92 Å². The van der Waals surface area contributed by atoms with E-state index in [2.05, 4.69) is 0 Å². The Morgan fingerprint density at radius 2 is 1.95 bits per heavy atom. The summed E-state index contributed by atoms with van der Waals surface area (Å²) in [5.41, 5.74) is 0.531. The minimum atomic E-state index is -0.992. The molecule has 0 amide bonds. The second-order valence-corrected chi connectivity index (χ2v) is 4.82. The minimum Gasteiger partial charge on any atom is -0.497 e. The minimum absolute atomic E-state index is 0.416. The number of hydrogen-bond acceptors (Lipinski definition) is 5. The summed E-state index contributed by atoms with van der Waals surface area (Å²) in [5, 5.41) is 10.6. The van der Waals surface area contributed by atoms with E-state index in [0.29, 0.717) is 23.5 Å². The first kappa shape index (κ1) is 17.3. The number of rotatable bonds is 8. The fraction of sp³-hybridized carbons (Fsp3) is 0.562. The lowest BCUT2D eigenvalue weighted by Crippen LogP contribution is -2.24. The van der Waals surface area contributed by atoms with Crippen molar-refractivity contribution in [3.63, 3.8) is 0 Å². The van der Waals surface area contributed by atoms with E-state index >= 15 is 0 Å². The van der Waals surface area contributed by atoms with Crippen LogP contribution in [0.15, 0.2) is 18.2 Å². The molecule has 2 atom stereocenters. The van der Waals surface area contributed by atoms with Crippen molar-refractivity contribution in [2.75, 3.05) is 21.3 Å². The maximum atomic E-state index is 11.9. The highest BCUT2D eigenvalue weighted by atomic mass is 16.5. The lowest BCUT2D eigenvalue weighted by Gasteiger charge is -2.23. The molecule has 0 spiro atoms. The van der Waals surface area contributed by atoms with Crippen molar-refractivity contribution >= 4 is 5.97 Å². The van der Waals surface area contributed by atoms with Crippen molar-refractivity contribution in [1.82, 2.24) is 0 Å². The largest absolute Gasteiger partial charge is 0.497 e. The fourth-order valence-corrected chi connectivity index (χ4v) is 2.27. The summed E-state index contributed by atoms with van der Waals surface area (Å²) >= 11 is 0. The van der Waals surface area contributed by atoms with Crippen LogP contribution in [0.5, 0.6) is 11.5 Å². The number of benzene rings is 1. The number of unbranched alkanes of at least 4 members (excludes halogenated alkanes) is 1. The maximum absolute atomic E-state index is 11.9. The van der Waals surface area contributed by atoms with Crippen molar-refractivity contribution in [2.45, 2.75) is 32.3 Å². The number of aliphatic hydroxyl groups excluding tert-OH is 1.